The molecular formula is C26H23ClN2O3. The predicted octanol–water partition coefficient (Wildman–Crippen LogP) is 6.39. The number of benzene rings is 3. The second-order valence-corrected chi connectivity index (χ2v) is 7.67. The molecule has 5 nitrogen and oxygen atoms in total. The first-order valence-electron chi connectivity index (χ1n) is 10.3. The maximum atomic E-state index is 13.4. The number of anilines is 1. The van der Waals surface area contributed by atoms with Crippen molar-refractivity contribution in [1.82, 2.24) is 4.98 Å². The van der Waals surface area contributed by atoms with Crippen molar-refractivity contribution in [3.05, 3.63) is 82.9 Å². The minimum atomic E-state index is -0.280. The number of carbonyl (C=O) groups excluding carboxylic acids is 1. The van der Waals surface area contributed by atoms with Gasteiger partial charge in [0.1, 0.15) is 11.5 Å². The summed E-state index contributed by atoms with van der Waals surface area (Å²) in [7, 11) is 3.04. The van der Waals surface area contributed by atoms with Crippen LogP contribution in [0.4, 0.5) is 5.69 Å². The van der Waals surface area contributed by atoms with Gasteiger partial charge in [-0.3, -0.25) is 4.79 Å². The molecule has 0 aliphatic carbocycles. The number of aryl methyl sites for hydroxylation is 1. The van der Waals surface area contributed by atoms with Crippen LogP contribution in [0.1, 0.15) is 22.8 Å². The maximum Gasteiger partial charge on any atom is 0.256 e. The van der Waals surface area contributed by atoms with E-state index in [0.717, 1.165) is 28.6 Å². The lowest BCUT2D eigenvalue weighted by atomic mass is 10.0. The summed E-state index contributed by atoms with van der Waals surface area (Å²) in [5.74, 6) is 0.606. The second kappa shape index (κ2) is 9.28. The van der Waals surface area contributed by atoms with Gasteiger partial charge in [0.05, 0.1) is 41.7 Å². The molecule has 0 aliphatic heterocycles. The van der Waals surface area contributed by atoms with E-state index in [1.807, 2.05) is 42.5 Å². The van der Waals surface area contributed by atoms with E-state index < -0.39 is 0 Å². The number of nitrogens with one attached hydrogen (secondary N) is 1. The van der Waals surface area contributed by atoms with Crippen LogP contribution in [0, 0.1) is 0 Å². The van der Waals surface area contributed by atoms with Crippen molar-refractivity contribution in [3.63, 3.8) is 0 Å². The number of rotatable bonds is 6. The zero-order valence-corrected chi connectivity index (χ0v) is 18.9. The molecule has 0 saturated heterocycles. The Morgan fingerprint density at radius 1 is 0.969 bits per heavy atom. The highest BCUT2D eigenvalue weighted by molar-refractivity contribution is 6.32. The van der Waals surface area contributed by atoms with Crippen LogP contribution in [-0.2, 0) is 6.42 Å². The Bertz CT molecular complexity index is 1290. The Morgan fingerprint density at radius 2 is 1.69 bits per heavy atom. The topological polar surface area (TPSA) is 60.5 Å². The number of carbonyl (C=O) groups is 1. The Labute approximate surface area is 192 Å². The number of amides is 1. The molecule has 0 bridgehead atoms. The van der Waals surface area contributed by atoms with Crippen LogP contribution in [0.2, 0.25) is 5.02 Å². The van der Waals surface area contributed by atoms with E-state index in [4.69, 9.17) is 26.1 Å². The van der Waals surface area contributed by atoms with E-state index >= 15 is 0 Å². The number of para-hydroxylation sites is 1. The lowest BCUT2D eigenvalue weighted by Crippen LogP contribution is -2.14. The first-order chi connectivity index (χ1) is 15.5. The Balaban J connectivity index is 1.79. The third kappa shape index (κ3) is 4.25. The van der Waals surface area contributed by atoms with E-state index in [9.17, 15) is 4.79 Å². The molecule has 1 aromatic heterocycles. The van der Waals surface area contributed by atoms with Gasteiger partial charge in [-0.2, -0.15) is 0 Å². The lowest BCUT2D eigenvalue weighted by molar-refractivity contribution is 0.102. The molecule has 162 valence electrons. The zero-order valence-electron chi connectivity index (χ0n) is 18.1. The van der Waals surface area contributed by atoms with E-state index in [1.165, 1.54) is 19.8 Å². The van der Waals surface area contributed by atoms with E-state index in [2.05, 4.69) is 24.4 Å². The quantitative estimate of drug-likeness (QED) is 0.373. The Kier molecular flexibility index (Phi) is 6.28. The van der Waals surface area contributed by atoms with E-state index in [-0.39, 0.29) is 5.91 Å². The molecule has 0 atom stereocenters. The fraction of sp³-hybridized carbons (Fsp3) is 0.154. The van der Waals surface area contributed by atoms with Crippen molar-refractivity contribution < 1.29 is 14.3 Å². The average molecular weight is 447 g/mol. The smallest absolute Gasteiger partial charge is 0.256 e. The highest BCUT2D eigenvalue weighted by atomic mass is 35.5. The van der Waals surface area contributed by atoms with Gasteiger partial charge in [0.2, 0.25) is 0 Å². The van der Waals surface area contributed by atoms with Gasteiger partial charge in [-0.15, -0.1) is 0 Å². The monoisotopic (exact) mass is 446 g/mol. The van der Waals surface area contributed by atoms with Crippen molar-refractivity contribution in [2.24, 2.45) is 0 Å². The third-order valence-electron chi connectivity index (χ3n) is 5.34. The molecule has 1 amide bonds. The van der Waals surface area contributed by atoms with Crippen molar-refractivity contribution in [1.29, 1.82) is 0 Å². The Morgan fingerprint density at radius 3 is 2.38 bits per heavy atom. The highest BCUT2D eigenvalue weighted by Crippen LogP contribution is 2.36. The first kappa shape index (κ1) is 21.7. The van der Waals surface area contributed by atoms with Gasteiger partial charge in [-0.05, 0) is 24.1 Å². The second-order valence-electron chi connectivity index (χ2n) is 7.26. The van der Waals surface area contributed by atoms with Crippen molar-refractivity contribution >= 4 is 34.1 Å². The van der Waals surface area contributed by atoms with Crippen LogP contribution in [0.5, 0.6) is 11.5 Å². The van der Waals surface area contributed by atoms with E-state index in [1.54, 1.807) is 12.1 Å². The molecule has 6 heteroatoms. The molecule has 0 radical (unpaired) electrons. The number of halogens is 1. The first-order valence-corrected chi connectivity index (χ1v) is 10.6. The van der Waals surface area contributed by atoms with Gasteiger partial charge in [0.25, 0.3) is 5.91 Å². The van der Waals surface area contributed by atoms with Crippen LogP contribution in [-0.4, -0.2) is 25.1 Å². The summed E-state index contributed by atoms with van der Waals surface area (Å²) in [6, 6.07) is 20.9. The van der Waals surface area contributed by atoms with Crippen molar-refractivity contribution in [2.45, 2.75) is 13.3 Å². The van der Waals surface area contributed by atoms with Gasteiger partial charge in [0.15, 0.2) is 0 Å². The number of pyridine rings is 1. The van der Waals surface area contributed by atoms with Crippen LogP contribution >= 0.6 is 11.6 Å². The number of nitrogens with zero attached hydrogens (tertiary/aromatic N) is 1. The SMILES string of the molecule is CCc1ccc(-c2cc(C(=O)Nc3cc(OC)c(Cl)cc3OC)c3ccccc3n2)cc1. The fourth-order valence-electron chi connectivity index (χ4n) is 3.57. The Hall–Kier alpha value is -3.57. The molecule has 1 N–H and O–H groups in total. The minimum absolute atomic E-state index is 0.280. The molecule has 32 heavy (non-hydrogen) atoms. The predicted molar refractivity (Wildman–Crippen MR) is 129 cm³/mol. The summed E-state index contributed by atoms with van der Waals surface area (Å²) in [5, 5.41) is 4.10. The van der Waals surface area contributed by atoms with Gasteiger partial charge in [-0.25, -0.2) is 4.98 Å². The van der Waals surface area contributed by atoms with Gasteiger partial charge in [-0.1, -0.05) is 61.0 Å². The number of fused-ring (bicyclic) bond motifs is 1. The van der Waals surface area contributed by atoms with Crippen LogP contribution in [0.25, 0.3) is 22.2 Å². The zero-order chi connectivity index (χ0) is 22.7. The fourth-order valence-corrected chi connectivity index (χ4v) is 3.80. The van der Waals surface area contributed by atoms with Gasteiger partial charge < -0.3 is 14.8 Å². The van der Waals surface area contributed by atoms with Crippen LogP contribution in [0.3, 0.4) is 0 Å². The maximum absolute atomic E-state index is 13.4. The average Bonchev–Trinajstić information content (AvgIpc) is 2.84. The summed E-state index contributed by atoms with van der Waals surface area (Å²) in [6.45, 7) is 2.12. The highest BCUT2D eigenvalue weighted by Gasteiger charge is 2.17. The molecule has 1 heterocycles. The summed E-state index contributed by atoms with van der Waals surface area (Å²) < 4.78 is 10.7. The number of ether oxygens (including phenoxy) is 2. The molecule has 0 aliphatic rings. The van der Waals surface area contributed by atoms with Crippen LogP contribution in [0.15, 0.2) is 66.7 Å². The minimum Gasteiger partial charge on any atom is -0.495 e. The third-order valence-corrected chi connectivity index (χ3v) is 5.64. The van der Waals surface area contributed by atoms with Crippen molar-refractivity contribution in [3.8, 4) is 22.8 Å². The molecule has 3 aromatic carbocycles. The molecule has 0 spiro atoms. The molecule has 4 rings (SSSR count). The van der Waals surface area contributed by atoms with E-state index in [0.29, 0.717) is 27.8 Å². The van der Waals surface area contributed by atoms with Crippen LogP contribution < -0.4 is 14.8 Å². The van der Waals surface area contributed by atoms with Crippen molar-refractivity contribution in [2.75, 3.05) is 19.5 Å². The normalized spacial score (nSPS) is 10.8. The van der Waals surface area contributed by atoms with Gasteiger partial charge >= 0.3 is 0 Å². The largest absolute Gasteiger partial charge is 0.495 e. The molecule has 4 aromatic rings. The standard InChI is InChI=1S/C26H23ClN2O3/c1-4-16-9-11-17(12-10-16)22-13-19(18-7-5-6-8-21(18)28-22)26(30)29-23-15-24(31-2)20(27)14-25(23)32-3/h5-15H,4H2,1-3H3,(H,29,30). The number of hydrogen-bond donors (Lipinski definition) is 1. The number of hydrogen-bond acceptors (Lipinski definition) is 4. The summed E-state index contributed by atoms with van der Waals surface area (Å²) >= 11 is 6.20. The summed E-state index contributed by atoms with van der Waals surface area (Å²) in [4.78, 5) is 18.2. The summed E-state index contributed by atoms with van der Waals surface area (Å²) in [5.41, 5.74) is 4.66. The number of methoxy groups -OCH3 is 2. The molecule has 0 fully saturated rings. The molecular weight excluding hydrogens is 424 g/mol. The summed E-state index contributed by atoms with van der Waals surface area (Å²) in [6.07, 6.45) is 0.964. The van der Waals surface area contributed by atoms with Gasteiger partial charge in [0, 0.05) is 23.1 Å². The molecule has 0 unspecified atom stereocenters. The number of aromatic nitrogens is 1. The lowest BCUT2D eigenvalue weighted by Gasteiger charge is -2.14. The molecule has 0 saturated carbocycles.